The number of urea groups is 1. The van der Waals surface area contributed by atoms with Gasteiger partial charge in [-0.1, -0.05) is 0 Å². The van der Waals surface area contributed by atoms with E-state index in [1.807, 2.05) is 0 Å². The van der Waals surface area contributed by atoms with Crippen molar-refractivity contribution in [1.82, 2.24) is 10.3 Å². The molecule has 2 amide bonds. The summed E-state index contributed by atoms with van der Waals surface area (Å²) in [5.74, 6) is 0. The molecule has 2 N–H and O–H groups in total. The molecule has 0 spiro atoms. The van der Waals surface area contributed by atoms with E-state index in [2.05, 4.69) is 10.6 Å². The molecule has 1 heterocycles. The lowest BCUT2D eigenvalue weighted by Gasteiger charge is -2.22. The maximum absolute atomic E-state index is 11.6. The molecule has 2 aliphatic carbocycles. The highest BCUT2D eigenvalue weighted by molar-refractivity contribution is 5.91. The van der Waals surface area contributed by atoms with Gasteiger partial charge >= 0.3 is 6.03 Å². The van der Waals surface area contributed by atoms with Crippen LogP contribution in [-0.4, -0.2) is 18.1 Å². The van der Waals surface area contributed by atoms with E-state index in [-0.39, 0.29) is 6.03 Å². The fourth-order valence-corrected chi connectivity index (χ4v) is 3.07. The molecule has 18 heavy (non-hydrogen) atoms. The van der Waals surface area contributed by atoms with Crippen LogP contribution in [0, 0.1) is 0 Å². The average Bonchev–Trinajstić information content (AvgIpc) is 2.86. The van der Waals surface area contributed by atoms with Crippen LogP contribution in [-0.2, 0) is 25.7 Å². The predicted octanol–water partition coefficient (Wildman–Crippen LogP) is 2.20. The number of carbonyl (C=O) groups is 1. The van der Waals surface area contributed by atoms with E-state index in [1.165, 1.54) is 35.4 Å². The van der Waals surface area contributed by atoms with Gasteiger partial charge in [-0.3, -0.25) is 4.98 Å². The first-order valence-electron chi connectivity index (χ1n) is 6.82. The minimum Gasteiger partial charge on any atom is -0.341 e. The monoisotopic (exact) mass is 245 g/mol. The molecule has 3 rings (SSSR count). The third kappa shape index (κ3) is 1.85. The molecular formula is C14H19N3O. The van der Waals surface area contributed by atoms with Crippen molar-refractivity contribution in [2.75, 3.05) is 12.4 Å². The number of amides is 2. The highest BCUT2D eigenvalue weighted by Gasteiger charge is 2.25. The van der Waals surface area contributed by atoms with Crippen molar-refractivity contribution in [2.24, 2.45) is 0 Å². The second-order valence-electron chi connectivity index (χ2n) is 5.10. The van der Waals surface area contributed by atoms with E-state index in [0.29, 0.717) is 0 Å². The van der Waals surface area contributed by atoms with Gasteiger partial charge in [0.05, 0.1) is 5.69 Å². The number of hydrogen-bond donors (Lipinski definition) is 2. The van der Waals surface area contributed by atoms with Gasteiger partial charge in [-0.05, 0) is 56.1 Å². The molecule has 96 valence electrons. The van der Waals surface area contributed by atoms with E-state index >= 15 is 0 Å². The molecule has 0 aromatic carbocycles. The van der Waals surface area contributed by atoms with Crippen LogP contribution in [0.4, 0.5) is 10.5 Å². The SMILES string of the molecule is CNC(=O)Nc1c2c(nc3c1CCC3)CCCC2. The lowest BCUT2D eigenvalue weighted by atomic mass is 9.92. The minimum absolute atomic E-state index is 0.122. The lowest BCUT2D eigenvalue weighted by Crippen LogP contribution is -2.27. The number of nitrogens with zero attached hydrogens (tertiary/aromatic N) is 1. The molecular weight excluding hydrogens is 226 g/mol. The van der Waals surface area contributed by atoms with Crippen LogP contribution >= 0.6 is 0 Å². The molecule has 0 radical (unpaired) electrons. The van der Waals surface area contributed by atoms with E-state index in [9.17, 15) is 4.79 Å². The molecule has 0 atom stereocenters. The second-order valence-corrected chi connectivity index (χ2v) is 5.10. The summed E-state index contributed by atoms with van der Waals surface area (Å²) in [6, 6.07) is -0.122. The van der Waals surface area contributed by atoms with Gasteiger partial charge in [-0.25, -0.2) is 4.79 Å². The van der Waals surface area contributed by atoms with E-state index in [0.717, 1.165) is 37.8 Å². The van der Waals surface area contributed by atoms with Crippen molar-refractivity contribution < 1.29 is 4.79 Å². The zero-order valence-corrected chi connectivity index (χ0v) is 10.8. The molecule has 4 heteroatoms. The molecule has 0 saturated carbocycles. The molecule has 0 bridgehead atoms. The van der Waals surface area contributed by atoms with Crippen molar-refractivity contribution in [1.29, 1.82) is 0 Å². The van der Waals surface area contributed by atoms with E-state index in [1.54, 1.807) is 7.05 Å². The zero-order chi connectivity index (χ0) is 12.5. The van der Waals surface area contributed by atoms with Crippen LogP contribution in [0.3, 0.4) is 0 Å². The first-order chi connectivity index (χ1) is 8.79. The number of hydrogen-bond acceptors (Lipinski definition) is 2. The summed E-state index contributed by atoms with van der Waals surface area (Å²) < 4.78 is 0. The largest absolute Gasteiger partial charge is 0.341 e. The fraction of sp³-hybridized carbons (Fsp3) is 0.571. The summed E-state index contributed by atoms with van der Waals surface area (Å²) in [6.45, 7) is 0. The standard InChI is InChI=1S/C14H19N3O/c1-15-14(18)17-13-9-5-2-3-7-11(9)16-12-8-4-6-10(12)13/h2-8H2,1H3,(H2,15,16,17,18). The summed E-state index contributed by atoms with van der Waals surface area (Å²) in [5.41, 5.74) is 6.05. The van der Waals surface area contributed by atoms with Crippen LogP contribution in [0.25, 0.3) is 0 Å². The summed E-state index contributed by atoms with van der Waals surface area (Å²) in [5, 5.41) is 5.67. The van der Waals surface area contributed by atoms with Gasteiger partial charge in [-0.2, -0.15) is 0 Å². The van der Waals surface area contributed by atoms with Crippen LogP contribution in [0.15, 0.2) is 0 Å². The van der Waals surface area contributed by atoms with Crippen LogP contribution in [0.1, 0.15) is 41.8 Å². The molecule has 0 saturated heterocycles. The maximum Gasteiger partial charge on any atom is 0.318 e. The first-order valence-corrected chi connectivity index (χ1v) is 6.82. The van der Waals surface area contributed by atoms with Gasteiger partial charge in [0.15, 0.2) is 0 Å². The van der Waals surface area contributed by atoms with Crippen molar-refractivity contribution in [3.8, 4) is 0 Å². The predicted molar refractivity (Wildman–Crippen MR) is 71.0 cm³/mol. The Hall–Kier alpha value is -1.58. The molecule has 0 unspecified atom stereocenters. The molecule has 1 aromatic rings. The number of rotatable bonds is 1. The Morgan fingerprint density at radius 2 is 1.61 bits per heavy atom. The minimum atomic E-state index is -0.122. The molecule has 2 aliphatic rings. The maximum atomic E-state index is 11.6. The highest BCUT2D eigenvalue weighted by Crippen LogP contribution is 2.35. The third-order valence-electron chi connectivity index (χ3n) is 3.97. The number of aryl methyl sites for hydroxylation is 2. The Balaban J connectivity index is 2.08. The highest BCUT2D eigenvalue weighted by atomic mass is 16.2. The average molecular weight is 245 g/mol. The zero-order valence-electron chi connectivity index (χ0n) is 10.8. The van der Waals surface area contributed by atoms with Gasteiger partial charge in [0.25, 0.3) is 0 Å². The Bertz CT molecular complexity index is 496. The molecule has 0 aliphatic heterocycles. The van der Waals surface area contributed by atoms with E-state index < -0.39 is 0 Å². The van der Waals surface area contributed by atoms with Crippen LogP contribution in [0.5, 0.6) is 0 Å². The van der Waals surface area contributed by atoms with Gasteiger partial charge in [0.2, 0.25) is 0 Å². The summed E-state index contributed by atoms with van der Waals surface area (Å²) in [7, 11) is 1.66. The first kappa shape index (κ1) is 11.5. The second kappa shape index (κ2) is 4.59. The molecule has 0 fully saturated rings. The Kier molecular flexibility index (Phi) is 2.94. The molecule has 4 nitrogen and oxygen atoms in total. The lowest BCUT2D eigenvalue weighted by molar-refractivity contribution is 0.254. The number of aromatic nitrogens is 1. The number of pyridine rings is 1. The smallest absolute Gasteiger partial charge is 0.318 e. The number of nitrogens with one attached hydrogen (secondary N) is 2. The van der Waals surface area contributed by atoms with Crippen molar-refractivity contribution in [2.45, 2.75) is 44.9 Å². The van der Waals surface area contributed by atoms with Crippen LogP contribution in [0.2, 0.25) is 0 Å². The quantitative estimate of drug-likeness (QED) is 0.797. The third-order valence-corrected chi connectivity index (χ3v) is 3.97. The van der Waals surface area contributed by atoms with Gasteiger partial charge in [0, 0.05) is 18.4 Å². The topological polar surface area (TPSA) is 54.0 Å². The van der Waals surface area contributed by atoms with Gasteiger partial charge in [-0.15, -0.1) is 0 Å². The summed E-state index contributed by atoms with van der Waals surface area (Å²) >= 11 is 0. The summed E-state index contributed by atoms with van der Waals surface area (Å²) in [4.78, 5) is 16.4. The Morgan fingerprint density at radius 3 is 2.33 bits per heavy atom. The normalized spacial score (nSPS) is 16.9. The van der Waals surface area contributed by atoms with Gasteiger partial charge < -0.3 is 10.6 Å². The van der Waals surface area contributed by atoms with E-state index in [4.69, 9.17) is 4.98 Å². The van der Waals surface area contributed by atoms with Crippen molar-refractivity contribution >= 4 is 11.7 Å². The fourth-order valence-electron chi connectivity index (χ4n) is 3.07. The number of carbonyl (C=O) groups excluding carboxylic acids is 1. The van der Waals surface area contributed by atoms with Crippen molar-refractivity contribution in [3.63, 3.8) is 0 Å². The van der Waals surface area contributed by atoms with Crippen LogP contribution < -0.4 is 10.6 Å². The van der Waals surface area contributed by atoms with Crippen molar-refractivity contribution in [3.05, 3.63) is 22.5 Å². The van der Waals surface area contributed by atoms with Gasteiger partial charge in [0.1, 0.15) is 0 Å². The Labute approximate surface area is 107 Å². The number of anilines is 1. The Morgan fingerprint density at radius 1 is 1.00 bits per heavy atom. The summed E-state index contributed by atoms with van der Waals surface area (Å²) in [6.07, 6.45) is 7.81. The number of fused-ring (bicyclic) bond motifs is 2. The molecule has 1 aromatic heterocycles.